The summed E-state index contributed by atoms with van der Waals surface area (Å²) in [7, 11) is 0. The van der Waals surface area contributed by atoms with Crippen LogP contribution in [0.3, 0.4) is 0 Å². The highest BCUT2D eigenvalue weighted by molar-refractivity contribution is 5.95. The summed E-state index contributed by atoms with van der Waals surface area (Å²) < 4.78 is 39.2. The average molecular weight is 269 g/mol. The van der Waals surface area contributed by atoms with Crippen LogP contribution in [-0.2, 0) is 6.30 Å². The predicted octanol–water partition coefficient (Wildman–Crippen LogP) is 3.64. The highest BCUT2D eigenvalue weighted by atomic mass is 19.4. The second kappa shape index (κ2) is 4.46. The second-order valence-electron chi connectivity index (χ2n) is 4.02. The highest BCUT2D eigenvalue weighted by Crippen LogP contribution is 2.35. The van der Waals surface area contributed by atoms with Gasteiger partial charge in [0, 0.05) is 5.69 Å². The predicted molar refractivity (Wildman–Crippen MR) is 62.9 cm³/mol. The molecule has 1 heterocycles. The maximum absolute atomic E-state index is 13.0. The van der Waals surface area contributed by atoms with Crippen LogP contribution in [0.1, 0.15) is 16.1 Å². The molecule has 0 saturated carbocycles. The van der Waals surface area contributed by atoms with E-state index in [1.165, 1.54) is 19.1 Å². The SMILES string of the molecule is Cc1cc(C(=O)O)c(-c2ccccc2)n1C(F)(F)F. The van der Waals surface area contributed by atoms with Gasteiger partial charge in [-0.3, -0.25) is 4.57 Å². The summed E-state index contributed by atoms with van der Waals surface area (Å²) >= 11 is 0. The monoisotopic (exact) mass is 269 g/mol. The van der Waals surface area contributed by atoms with Crippen molar-refractivity contribution < 1.29 is 23.1 Å². The summed E-state index contributed by atoms with van der Waals surface area (Å²) in [5, 5.41) is 9.05. The third-order valence-electron chi connectivity index (χ3n) is 2.72. The van der Waals surface area contributed by atoms with Crippen molar-refractivity contribution in [1.82, 2.24) is 4.57 Å². The van der Waals surface area contributed by atoms with E-state index in [-0.39, 0.29) is 27.1 Å². The molecule has 2 aromatic rings. The van der Waals surface area contributed by atoms with Crippen molar-refractivity contribution in [3.05, 3.63) is 47.7 Å². The van der Waals surface area contributed by atoms with Crippen LogP contribution in [0.2, 0.25) is 0 Å². The largest absolute Gasteiger partial charge is 0.489 e. The summed E-state index contributed by atoms with van der Waals surface area (Å²) in [5.41, 5.74) is -0.659. The van der Waals surface area contributed by atoms with Gasteiger partial charge in [0.2, 0.25) is 0 Å². The number of aryl methyl sites for hydroxylation is 1. The molecule has 0 spiro atoms. The van der Waals surface area contributed by atoms with Crippen molar-refractivity contribution in [3.8, 4) is 11.3 Å². The zero-order chi connectivity index (χ0) is 14.2. The fraction of sp³-hybridized carbons (Fsp3) is 0.154. The quantitative estimate of drug-likeness (QED) is 0.904. The van der Waals surface area contributed by atoms with Crippen molar-refractivity contribution in [1.29, 1.82) is 0 Å². The molecule has 1 aromatic heterocycles. The number of hydrogen-bond acceptors (Lipinski definition) is 1. The molecule has 0 atom stereocenters. The van der Waals surface area contributed by atoms with Gasteiger partial charge in [0.25, 0.3) is 0 Å². The Labute approximate surface area is 106 Å². The van der Waals surface area contributed by atoms with Crippen LogP contribution in [0.25, 0.3) is 11.3 Å². The molecule has 0 aliphatic heterocycles. The lowest BCUT2D eigenvalue weighted by molar-refractivity contribution is -0.203. The number of nitrogens with zero attached hydrogens (tertiary/aromatic N) is 1. The van der Waals surface area contributed by atoms with Crippen molar-refractivity contribution in [2.75, 3.05) is 0 Å². The molecule has 0 unspecified atom stereocenters. The van der Waals surface area contributed by atoms with Crippen LogP contribution >= 0.6 is 0 Å². The molecule has 0 bridgehead atoms. The van der Waals surface area contributed by atoms with Gasteiger partial charge in [0.05, 0.1) is 11.3 Å². The molecule has 0 amide bonds. The standard InChI is InChI=1S/C13H10F3NO2/c1-8-7-10(12(18)19)11(17(8)13(14,15)16)9-5-3-2-4-6-9/h2-7H,1H3,(H,18,19). The van der Waals surface area contributed by atoms with E-state index >= 15 is 0 Å². The number of rotatable bonds is 2. The number of alkyl halides is 3. The first kappa shape index (κ1) is 13.2. The molecule has 19 heavy (non-hydrogen) atoms. The lowest BCUT2D eigenvalue weighted by atomic mass is 10.1. The van der Waals surface area contributed by atoms with Crippen LogP contribution < -0.4 is 0 Å². The van der Waals surface area contributed by atoms with Gasteiger partial charge in [-0.1, -0.05) is 30.3 Å². The molecule has 100 valence electrons. The molecule has 2 rings (SSSR count). The maximum Gasteiger partial charge on any atom is 0.489 e. The molecular formula is C13H10F3NO2. The Balaban J connectivity index is 2.79. The van der Waals surface area contributed by atoms with E-state index in [2.05, 4.69) is 0 Å². The number of carbonyl (C=O) groups is 1. The summed E-state index contributed by atoms with van der Waals surface area (Å²) in [5.74, 6) is -1.38. The molecule has 6 heteroatoms. The van der Waals surface area contributed by atoms with E-state index in [1.807, 2.05) is 0 Å². The number of hydrogen-bond donors (Lipinski definition) is 1. The fourth-order valence-electron chi connectivity index (χ4n) is 2.01. The lowest BCUT2D eigenvalue weighted by Gasteiger charge is -2.15. The van der Waals surface area contributed by atoms with Gasteiger partial charge in [-0.25, -0.2) is 4.79 Å². The summed E-state index contributed by atoms with van der Waals surface area (Å²) in [4.78, 5) is 11.1. The molecule has 0 saturated heterocycles. The van der Waals surface area contributed by atoms with Crippen LogP contribution in [0.4, 0.5) is 13.2 Å². The van der Waals surface area contributed by atoms with E-state index in [0.717, 1.165) is 6.07 Å². The Bertz CT molecular complexity index is 615. The van der Waals surface area contributed by atoms with Crippen LogP contribution in [0.5, 0.6) is 0 Å². The van der Waals surface area contributed by atoms with Crippen molar-refractivity contribution in [3.63, 3.8) is 0 Å². The van der Waals surface area contributed by atoms with Crippen LogP contribution in [-0.4, -0.2) is 15.6 Å². The van der Waals surface area contributed by atoms with Gasteiger partial charge in [-0.15, -0.1) is 13.2 Å². The van der Waals surface area contributed by atoms with Gasteiger partial charge < -0.3 is 5.11 Å². The minimum absolute atomic E-state index is 0.0891. The molecule has 1 N–H and O–H groups in total. The van der Waals surface area contributed by atoms with E-state index in [0.29, 0.717) is 0 Å². The molecule has 0 fully saturated rings. The smallest absolute Gasteiger partial charge is 0.478 e. The number of carboxylic acid groups (broad SMARTS) is 1. The Morgan fingerprint density at radius 2 is 1.79 bits per heavy atom. The first-order chi connectivity index (χ1) is 8.82. The van der Waals surface area contributed by atoms with Crippen molar-refractivity contribution in [2.45, 2.75) is 13.2 Å². The maximum atomic E-state index is 13.0. The third-order valence-corrected chi connectivity index (χ3v) is 2.72. The number of aromatic carboxylic acids is 1. The Morgan fingerprint density at radius 1 is 1.21 bits per heavy atom. The van der Waals surface area contributed by atoms with Gasteiger partial charge >= 0.3 is 12.3 Å². The number of halogens is 3. The van der Waals surface area contributed by atoms with Crippen LogP contribution in [0.15, 0.2) is 36.4 Å². The molecule has 1 aromatic carbocycles. The molecule has 3 nitrogen and oxygen atoms in total. The Hall–Kier alpha value is -2.24. The molecule has 0 aliphatic carbocycles. The van der Waals surface area contributed by atoms with E-state index in [4.69, 9.17) is 5.11 Å². The van der Waals surface area contributed by atoms with E-state index in [9.17, 15) is 18.0 Å². The average Bonchev–Trinajstić information content (AvgIpc) is 2.68. The van der Waals surface area contributed by atoms with Crippen molar-refractivity contribution >= 4 is 5.97 Å². The van der Waals surface area contributed by atoms with Gasteiger partial charge in [0.15, 0.2) is 0 Å². The summed E-state index contributed by atoms with van der Waals surface area (Å²) in [6.07, 6.45) is -4.66. The zero-order valence-electron chi connectivity index (χ0n) is 9.90. The Kier molecular flexibility index (Phi) is 3.09. The van der Waals surface area contributed by atoms with Crippen molar-refractivity contribution in [2.24, 2.45) is 0 Å². The Morgan fingerprint density at radius 3 is 2.26 bits per heavy atom. The lowest BCUT2D eigenvalue weighted by Crippen LogP contribution is -2.19. The summed E-state index contributed by atoms with van der Waals surface area (Å²) in [6.45, 7) is 1.23. The second-order valence-corrected chi connectivity index (χ2v) is 4.02. The number of aromatic nitrogens is 1. The fourth-order valence-corrected chi connectivity index (χ4v) is 2.01. The first-order valence-electron chi connectivity index (χ1n) is 5.40. The van der Waals surface area contributed by atoms with Gasteiger partial charge in [-0.2, -0.15) is 0 Å². The highest BCUT2D eigenvalue weighted by Gasteiger charge is 2.37. The normalized spacial score (nSPS) is 11.6. The van der Waals surface area contributed by atoms with E-state index < -0.39 is 12.3 Å². The third kappa shape index (κ3) is 2.33. The molecule has 0 radical (unpaired) electrons. The molecular weight excluding hydrogens is 259 g/mol. The number of benzene rings is 1. The minimum Gasteiger partial charge on any atom is -0.478 e. The molecule has 0 aliphatic rings. The first-order valence-corrected chi connectivity index (χ1v) is 5.40. The zero-order valence-corrected chi connectivity index (χ0v) is 9.90. The number of carboxylic acids is 1. The minimum atomic E-state index is -4.66. The van der Waals surface area contributed by atoms with Gasteiger partial charge in [0.1, 0.15) is 0 Å². The topological polar surface area (TPSA) is 42.2 Å². The van der Waals surface area contributed by atoms with E-state index in [1.54, 1.807) is 18.2 Å². The van der Waals surface area contributed by atoms with Gasteiger partial charge in [-0.05, 0) is 18.6 Å². The summed E-state index contributed by atoms with van der Waals surface area (Å²) in [6, 6.07) is 8.69. The van der Waals surface area contributed by atoms with Crippen LogP contribution in [0, 0.1) is 6.92 Å².